The predicted octanol–water partition coefficient (Wildman–Crippen LogP) is 2.76. The SMILES string of the molecule is COc1cc(OC)cc(C(=O)NN2C[C@H](C(=O)OCC(=O)Nc3cc(C)c(Br)cc3C)CC2=O)c1. The highest BCUT2D eigenvalue weighted by atomic mass is 79.9. The van der Waals surface area contributed by atoms with Gasteiger partial charge in [-0.1, -0.05) is 15.9 Å². The summed E-state index contributed by atoms with van der Waals surface area (Å²) in [5, 5.41) is 3.78. The zero-order valence-corrected chi connectivity index (χ0v) is 21.4. The van der Waals surface area contributed by atoms with Crippen molar-refractivity contribution >= 4 is 45.3 Å². The molecule has 10 nitrogen and oxygen atoms in total. The van der Waals surface area contributed by atoms with Gasteiger partial charge in [-0.3, -0.25) is 29.6 Å². The molecule has 0 aromatic heterocycles. The number of ether oxygens (including phenoxy) is 3. The predicted molar refractivity (Wildman–Crippen MR) is 130 cm³/mol. The summed E-state index contributed by atoms with van der Waals surface area (Å²) in [4.78, 5) is 49.7. The van der Waals surface area contributed by atoms with Gasteiger partial charge in [-0.15, -0.1) is 0 Å². The molecule has 3 amide bonds. The molecule has 11 heteroatoms. The van der Waals surface area contributed by atoms with Crippen LogP contribution in [0.3, 0.4) is 0 Å². The Bertz CT molecular complexity index is 1150. The van der Waals surface area contributed by atoms with Gasteiger partial charge < -0.3 is 19.5 Å². The lowest BCUT2D eigenvalue weighted by Crippen LogP contribution is -2.43. The standard InChI is InChI=1S/C24H26BrN3O7/c1-13-6-20(14(2)5-19(13)25)26-21(29)12-35-24(32)16-9-22(30)28(11-16)27-23(31)15-7-17(33-3)10-18(8-15)34-4/h5-8,10,16H,9,11-12H2,1-4H3,(H,26,29)(H,27,31)/t16-/m1/s1. The maximum atomic E-state index is 12.6. The molecule has 0 unspecified atom stereocenters. The number of hydrogen-bond donors (Lipinski definition) is 2. The largest absolute Gasteiger partial charge is 0.497 e. The average molecular weight is 548 g/mol. The number of anilines is 1. The fourth-order valence-electron chi connectivity index (χ4n) is 3.46. The fourth-order valence-corrected chi connectivity index (χ4v) is 3.91. The normalized spacial score (nSPS) is 14.9. The Morgan fingerprint density at radius 2 is 1.69 bits per heavy atom. The van der Waals surface area contributed by atoms with Crippen molar-refractivity contribution in [3.05, 3.63) is 51.5 Å². The molecular weight excluding hydrogens is 522 g/mol. The number of carbonyl (C=O) groups is 4. The van der Waals surface area contributed by atoms with Gasteiger partial charge >= 0.3 is 5.97 Å². The second kappa shape index (κ2) is 11.2. The molecule has 2 aromatic rings. The van der Waals surface area contributed by atoms with Gasteiger partial charge in [0.1, 0.15) is 11.5 Å². The van der Waals surface area contributed by atoms with E-state index in [1.54, 1.807) is 6.07 Å². The molecule has 1 atom stereocenters. The lowest BCUT2D eigenvalue weighted by molar-refractivity contribution is -0.151. The van der Waals surface area contributed by atoms with Gasteiger partial charge in [0.25, 0.3) is 11.8 Å². The number of amides is 3. The Morgan fingerprint density at radius 1 is 1.03 bits per heavy atom. The highest BCUT2D eigenvalue weighted by Crippen LogP contribution is 2.25. The molecule has 1 aliphatic rings. The van der Waals surface area contributed by atoms with Crippen LogP contribution in [0.4, 0.5) is 5.69 Å². The monoisotopic (exact) mass is 547 g/mol. The van der Waals surface area contributed by atoms with Crippen LogP contribution in [0.2, 0.25) is 0 Å². The second-order valence-corrected chi connectivity index (χ2v) is 8.87. The van der Waals surface area contributed by atoms with E-state index < -0.39 is 36.2 Å². The number of carbonyl (C=O) groups excluding carboxylic acids is 4. The molecule has 1 aliphatic heterocycles. The summed E-state index contributed by atoms with van der Waals surface area (Å²) in [6.45, 7) is 3.18. The van der Waals surface area contributed by atoms with Crippen molar-refractivity contribution in [2.45, 2.75) is 20.3 Å². The van der Waals surface area contributed by atoms with Gasteiger partial charge in [0.15, 0.2) is 6.61 Å². The summed E-state index contributed by atoms with van der Waals surface area (Å²) in [6.07, 6.45) is -0.146. The topological polar surface area (TPSA) is 123 Å². The Hall–Kier alpha value is -3.60. The van der Waals surface area contributed by atoms with Crippen molar-refractivity contribution in [1.82, 2.24) is 10.4 Å². The smallest absolute Gasteiger partial charge is 0.311 e. The van der Waals surface area contributed by atoms with Crippen molar-refractivity contribution in [3.63, 3.8) is 0 Å². The Labute approximate surface area is 211 Å². The number of methoxy groups -OCH3 is 2. The summed E-state index contributed by atoms with van der Waals surface area (Å²) < 4.78 is 16.3. The zero-order chi connectivity index (χ0) is 25.7. The first-order valence-corrected chi connectivity index (χ1v) is 11.5. The molecule has 1 fully saturated rings. The number of hydrazine groups is 1. The molecule has 0 spiro atoms. The third-order valence-electron chi connectivity index (χ3n) is 5.43. The molecule has 35 heavy (non-hydrogen) atoms. The van der Waals surface area contributed by atoms with Gasteiger partial charge in [-0.05, 0) is 49.2 Å². The third kappa shape index (κ3) is 6.50. The summed E-state index contributed by atoms with van der Waals surface area (Å²) >= 11 is 3.43. The van der Waals surface area contributed by atoms with Crippen LogP contribution >= 0.6 is 15.9 Å². The number of halogens is 1. The van der Waals surface area contributed by atoms with Crippen LogP contribution in [-0.2, 0) is 19.1 Å². The number of rotatable bonds is 8. The summed E-state index contributed by atoms with van der Waals surface area (Å²) in [5.41, 5.74) is 5.12. The first kappa shape index (κ1) is 26.0. The molecule has 0 bridgehead atoms. The van der Waals surface area contributed by atoms with E-state index in [0.29, 0.717) is 17.2 Å². The maximum Gasteiger partial charge on any atom is 0.311 e. The highest BCUT2D eigenvalue weighted by molar-refractivity contribution is 9.10. The summed E-state index contributed by atoms with van der Waals surface area (Å²) in [5.74, 6) is -2.19. The van der Waals surface area contributed by atoms with Crippen molar-refractivity contribution in [1.29, 1.82) is 0 Å². The van der Waals surface area contributed by atoms with Gasteiger partial charge in [-0.25, -0.2) is 0 Å². The van der Waals surface area contributed by atoms with E-state index in [2.05, 4.69) is 26.7 Å². The number of benzene rings is 2. The molecule has 0 radical (unpaired) electrons. The first-order chi connectivity index (χ1) is 16.6. The van der Waals surface area contributed by atoms with E-state index in [1.807, 2.05) is 26.0 Å². The van der Waals surface area contributed by atoms with Gasteiger partial charge in [-0.2, -0.15) is 0 Å². The van der Waals surface area contributed by atoms with E-state index in [0.717, 1.165) is 20.6 Å². The lowest BCUT2D eigenvalue weighted by atomic mass is 10.1. The van der Waals surface area contributed by atoms with E-state index in [1.165, 1.54) is 26.4 Å². The molecule has 1 heterocycles. The van der Waals surface area contributed by atoms with E-state index >= 15 is 0 Å². The van der Waals surface area contributed by atoms with Crippen LogP contribution in [0.5, 0.6) is 11.5 Å². The minimum Gasteiger partial charge on any atom is -0.497 e. The van der Waals surface area contributed by atoms with E-state index in [4.69, 9.17) is 14.2 Å². The Balaban J connectivity index is 1.54. The molecule has 1 saturated heterocycles. The summed E-state index contributed by atoms with van der Waals surface area (Å²) in [6, 6.07) is 8.30. The van der Waals surface area contributed by atoms with Gasteiger partial charge in [0.2, 0.25) is 5.91 Å². The van der Waals surface area contributed by atoms with Crippen LogP contribution in [0.25, 0.3) is 0 Å². The zero-order valence-electron chi connectivity index (χ0n) is 19.8. The molecule has 2 aromatic carbocycles. The molecular formula is C24H26BrN3O7. The quantitative estimate of drug-likeness (QED) is 0.487. The van der Waals surface area contributed by atoms with Crippen molar-refractivity contribution < 1.29 is 33.4 Å². The van der Waals surface area contributed by atoms with Crippen molar-refractivity contribution in [2.75, 3.05) is 32.7 Å². The number of aryl methyl sites for hydroxylation is 2. The number of esters is 1. The van der Waals surface area contributed by atoms with Crippen LogP contribution in [0, 0.1) is 19.8 Å². The molecule has 2 N–H and O–H groups in total. The van der Waals surface area contributed by atoms with Gasteiger partial charge in [0, 0.05) is 28.2 Å². The van der Waals surface area contributed by atoms with Crippen LogP contribution in [0.1, 0.15) is 27.9 Å². The fraction of sp³-hybridized carbons (Fsp3) is 0.333. The molecule has 0 saturated carbocycles. The molecule has 3 rings (SSSR count). The van der Waals surface area contributed by atoms with Crippen molar-refractivity contribution in [3.8, 4) is 11.5 Å². The highest BCUT2D eigenvalue weighted by Gasteiger charge is 2.37. The Morgan fingerprint density at radius 3 is 2.31 bits per heavy atom. The minimum atomic E-state index is -0.813. The summed E-state index contributed by atoms with van der Waals surface area (Å²) in [7, 11) is 2.91. The number of hydrogen-bond acceptors (Lipinski definition) is 7. The maximum absolute atomic E-state index is 12.6. The third-order valence-corrected chi connectivity index (χ3v) is 6.29. The first-order valence-electron chi connectivity index (χ1n) is 10.7. The number of nitrogens with zero attached hydrogens (tertiary/aromatic N) is 1. The van der Waals surface area contributed by atoms with Crippen molar-refractivity contribution in [2.24, 2.45) is 5.92 Å². The van der Waals surface area contributed by atoms with Crippen LogP contribution in [0.15, 0.2) is 34.8 Å². The van der Waals surface area contributed by atoms with Crippen LogP contribution in [-0.4, -0.2) is 56.1 Å². The van der Waals surface area contributed by atoms with Crippen LogP contribution < -0.4 is 20.2 Å². The van der Waals surface area contributed by atoms with E-state index in [-0.39, 0.29) is 18.5 Å². The second-order valence-electron chi connectivity index (χ2n) is 8.02. The average Bonchev–Trinajstić information content (AvgIpc) is 3.20. The lowest BCUT2D eigenvalue weighted by Gasteiger charge is -2.18. The number of nitrogens with one attached hydrogen (secondary N) is 2. The minimum absolute atomic E-state index is 0.0723. The molecule has 0 aliphatic carbocycles. The van der Waals surface area contributed by atoms with E-state index in [9.17, 15) is 19.2 Å². The molecule has 186 valence electrons. The Kier molecular flexibility index (Phi) is 8.34. The van der Waals surface area contributed by atoms with Gasteiger partial charge in [0.05, 0.1) is 26.7 Å².